The van der Waals surface area contributed by atoms with Crippen molar-refractivity contribution in [3.63, 3.8) is 0 Å². The highest BCUT2D eigenvalue weighted by Crippen LogP contribution is 2.41. The van der Waals surface area contributed by atoms with Gasteiger partial charge in [-0.15, -0.1) is 23.8 Å². The highest BCUT2D eigenvalue weighted by Gasteiger charge is 2.35. The topological polar surface area (TPSA) is 108 Å². The number of nitrogens with zero attached hydrogens (tertiary/aromatic N) is 3. The molecule has 0 atom stereocenters. The Kier molecular flexibility index (Phi) is 6.97. The smallest absolute Gasteiger partial charge is 0.449 e. The van der Waals surface area contributed by atoms with Crippen LogP contribution < -0.4 is 26.0 Å². The zero-order chi connectivity index (χ0) is 21.8. The van der Waals surface area contributed by atoms with Crippen LogP contribution in [-0.4, -0.2) is 49.5 Å². The number of hydrogen-bond donors (Lipinski definition) is 3. The van der Waals surface area contributed by atoms with E-state index in [1.807, 2.05) is 0 Å². The van der Waals surface area contributed by atoms with Gasteiger partial charge in [-0.2, -0.15) is 0 Å². The van der Waals surface area contributed by atoms with Gasteiger partial charge in [0.25, 0.3) is 5.91 Å². The maximum Gasteiger partial charge on any atom is 0.573 e. The lowest BCUT2D eigenvalue weighted by atomic mass is 10.1. The summed E-state index contributed by atoms with van der Waals surface area (Å²) in [5.41, 5.74) is 4.30. The lowest BCUT2D eigenvalue weighted by Gasteiger charge is -2.25. The summed E-state index contributed by atoms with van der Waals surface area (Å²) in [7, 11) is 1.55. The molecule has 2 rings (SSSR count). The Labute approximate surface area is 168 Å². The van der Waals surface area contributed by atoms with E-state index in [4.69, 9.17) is 16.3 Å². The molecular weight excluding hydrogens is 421 g/mol. The van der Waals surface area contributed by atoms with Crippen molar-refractivity contribution < 1.29 is 32.2 Å². The first-order chi connectivity index (χ1) is 13.6. The molecule has 1 aromatic rings. The van der Waals surface area contributed by atoms with Crippen molar-refractivity contribution in [2.75, 3.05) is 25.1 Å². The van der Waals surface area contributed by atoms with Gasteiger partial charge in [0, 0.05) is 13.6 Å². The van der Waals surface area contributed by atoms with Crippen molar-refractivity contribution >= 4 is 35.2 Å². The Hall–Kier alpha value is -2.93. The van der Waals surface area contributed by atoms with E-state index >= 15 is 0 Å². The standard InChI is InChI=1S/C15H18ClF3N6O4/c1-4-25(14(27)28-5-2)11-9(29-15(17,18)19)7-6-8(10(11)16)12(26)20-13-21-22-23-24(13)3/h6-7,22-23H,4-5H2,1-3H3,(H,20,21,26). The maximum absolute atomic E-state index is 12.8. The SMILES string of the molecule is CCOC(=O)N(CC)c1c(OC(F)(F)F)ccc(C(=O)NC2=NNNN2C)c1Cl. The Balaban J connectivity index is 2.49. The lowest BCUT2D eigenvalue weighted by molar-refractivity contribution is -0.274. The van der Waals surface area contributed by atoms with Crippen molar-refractivity contribution in [1.29, 1.82) is 0 Å². The van der Waals surface area contributed by atoms with E-state index in [1.54, 1.807) is 7.05 Å². The van der Waals surface area contributed by atoms with Crippen molar-refractivity contribution in [3.8, 4) is 5.75 Å². The fourth-order valence-corrected chi connectivity index (χ4v) is 2.67. The molecule has 0 bridgehead atoms. The van der Waals surface area contributed by atoms with Crippen molar-refractivity contribution in [1.82, 2.24) is 21.4 Å². The number of rotatable bonds is 5. The van der Waals surface area contributed by atoms with Crippen LogP contribution in [0, 0.1) is 0 Å². The number of alkyl halides is 3. The number of hydrazone groups is 1. The fraction of sp³-hybridized carbons (Fsp3) is 0.400. The second-order valence-electron chi connectivity index (χ2n) is 5.44. The van der Waals surface area contributed by atoms with Gasteiger partial charge < -0.3 is 9.47 Å². The quantitative estimate of drug-likeness (QED) is 0.646. The number of amides is 2. The van der Waals surface area contributed by atoms with E-state index in [2.05, 4.69) is 26.2 Å². The van der Waals surface area contributed by atoms with Gasteiger partial charge >= 0.3 is 12.5 Å². The summed E-state index contributed by atoms with van der Waals surface area (Å²) < 4.78 is 47.3. The Morgan fingerprint density at radius 3 is 2.55 bits per heavy atom. The van der Waals surface area contributed by atoms with E-state index in [0.717, 1.165) is 17.0 Å². The average Bonchev–Trinajstić information content (AvgIpc) is 3.01. The summed E-state index contributed by atoms with van der Waals surface area (Å²) in [6.07, 6.45) is -6.00. The second kappa shape index (κ2) is 9.05. The number of anilines is 1. The first-order valence-electron chi connectivity index (χ1n) is 8.25. The number of guanidine groups is 1. The van der Waals surface area contributed by atoms with Gasteiger partial charge in [0.1, 0.15) is 5.69 Å². The fourth-order valence-electron chi connectivity index (χ4n) is 2.32. The normalized spacial score (nSPS) is 13.5. The molecule has 1 aliphatic heterocycles. The van der Waals surface area contributed by atoms with Crippen LogP contribution in [0.4, 0.5) is 23.7 Å². The number of nitrogens with one attached hydrogen (secondary N) is 3. The molecule has 29 heavy (non-hydrogen) atoms. The van der Waals surface area contributed by atoms with E-state index in [0.29, 0.717) is 0 Å². The van der Waals surface area contributed by atoms with E-state index < -0.39 is 34.8 Å². The molecule has 1 heterocycles. The van der Waals surface area contributed by atoms with Crippen LogP contribution in [0.3, 0.4) is 0 Å². The number of benzene rings is 1. The molecule has 160 valence electrons. The third-order valence-electron chi connectivity index (χ3n) is 3.55. The van der Waals surface area contributed by atoms with Crippen LogP contribution in [-0.2, 0) is 4.74 Å². The van der Waals surface area contributed by atoms with E-state index in [-0.39, 0.29) is 24.7 Å². The molecular formula is C15H18ClF3N6O4. The monoisotopic (exact) mass is 438 g/mol. The molecule has 1 aliphatic rings. The highest BCUT2D eigenvalue weighted by atomic mass is 35.5. The van der Waals surface area contributed by atoms with Crippen molar-refractivity contribution in [2.45, 2.75) is 20.2 Å². The number of carbonyl (C=O) groups is 2. The van der Waals surface area contributed by atoms with Gasteiger partial charge in [0.05, 0.1) is 17.2 Å². The van der Waals surface area contributed by atoms with Crippen LogP contribution in [0.5, 0.6) is 5.75 Å². The zero-order valence-electron chi connectivity index (χ0n) is 15.6. The molecule has 0 radical (unpaired) electrons. The van der Waals surface area contributed by atoms with Crippen molar-refractivity contribution in [2.24, 2.45) is 5.10 Å². The molecule has 1 aromatic carbocycles. The van der Waals surface area contributed by atoms with Crippen molar-refractivity contribution in [3.05, 3.63) is 22.7 Å². The average molecular weight is 439 g/mol. The number of carbonyl (C=O) groups excluding carboxylic acids is 2. The van der Waals surface area contributed by atoms with Gasteiger partial charge in [-0.25, -0.2) is 10.3 Å². The minimum absolute atomic E-state index is 0.0191. The molecule has 0 saturated carbocycles. The first-order valence-corrected chi connectivity index (χ1v) is 8.62. The molecule has 0 unspecified atom stereocenters. The van der Waals surface area contributed by atoms with Gasteiger partial charge in [0.15, 0.2) is 5.75 Å². The number of hydrazine groups is 2. The number of ether oxygens (including phenoxy) is 2. The highest BCUT2D eigenvalue weighted by molar-refractivity contribution is 6.37. The molecule has 0 saturated heterocycles. The predicted molar refractivity (Wildman–Crippen MR) is 97.1 cm³/mol. The summed E-state index contributed by atoms with van der Waals surface area (Å²) in [5, 5.41) is 7.08. The number of halogens is 4. The van der Waals surface area contributed by atoms with Crippen LogP contribution in [0.25, 0.3) is 0 Å². The Bertz CT molecular complexity index is 820. The third-order valence-corrected chi connectivity index (χ3v) is 3.93. The van der Waals surface area contributed by atoms with Gasteiger partial charge in [0.2, 0.25) is 5.96 Å². The number of hydrogen-bond acceptors (Lipinski definition) is 8. The molecule has 0 fully saturated rings. The first kappa shape index (κ1) is 22.4. The minimum Gasteiger partial charge on any atom is -0.449 e. The summed E-state index contributed by atoms with van der Waals surface area (Å²) in [4.78, 5) is 25.6. The Morgan fingerprint density at radius 2 is 2.03 bits per heavy atom. The molecule has 0 spiro atoms. The molecule has 14 heteroatoms. The molecule has 0 aliphatic carbocycles. The van der Waals surface area contributed by atoms with Crippen LogP contribution in [0.15, 0.2) is 17.2 Å². The summed E-state index contributed by atoms with van der Waals surface area (Å²) in [5.74, 6) is -1.44. The van der Waals surface area contributed by atoms with Gasteiger partial charge in [-0.05, 0) is 26.0 Å². The zero-order valence-corrected chi connectivity index (χ0v) is 16.3. The van der Waals surface area contributed by atoms with E-state index in [9.17, 15) is 22.8 Å². The minimum atomic E-state index is -5.05. The van der Waals surface area contributed by atoms with Crippen LogP contribution in [0.2, 0.25) is 5.02 Å². The molecule has 2 amide bonds. The summed E-state index contributed by atoms with van der Waals surface area (Å²) in [6, 6.07) is 1.93. The summed E-state index contributed by atoms with van der Waals surface area (Å²) in [6.45, 7) is 2.91. The Morgan fingerprint density at radius 1 is 1.34 bits per heavy atom. The third kappa shape index (κ3) is 5.32. The molecule has 10 nitrogen and oxygen atoms in total. The maximum atomic E-state index is 12.8. The molecule has 0 aromatic heterocycles. The lowest BCUT2D eigenvalue weighted by Crippen LogP contribution is -2.45. The largest absolute Gasteiger partial charge is 0.573 e. The second-order valence-corrected chi connectivity index (χ2v) is 5.81. The van der Waals surface area contributed by atoms with E-state index in [1.165, 1.54) is 18.9 Å². The molecule has 3 N–H and O–H groups in total. The van der Waals surface area contributed by atoms with Crippen LogP contribution >= 0.6 is 11.6 Å². The van der Waals surface area contributed by atoms with Gasteiger partial charge in [-0.1, -0.05) is 11.6 Å². The van der Waals surface area contributed by atoms with Crippen LogP contribution in [0.1, 0.15) is 24.2 Å². The van der Waals surface area contributed by atoms with Gasteiger partial charge in [-0.3, -0.25) is 20.0 Å². The predicted octanol–water partition coefficient (Wildman–Crippen LogP) is 2.18. The summed E-state index contributed by atoms with van der Waals surface area (Å²) >= 11 is 6.23.